The zero-order valence-electron chi connectivity index (χ0n) is 17.8. The van der Waals surface area contributed by atoms with Gasteiger partial charge in [-0.3, -0.25) is 0 Å². The summed E-state index contributed by atoms with van der Waals surface area (Å²) in [5, 5.41) is 0. The first-order valence-electron chi connectivity index (χ1n) is 9.35. The van der Waals surface area contributed by atoms with Crippen molar-refractivity contribution in [1.29, 1.82) is 0 Å². The van der Waals surface area contributed by atoms with Crippen molar-refractivity contribution < 1.29 is 8.85 Å². The van der Waals surface area contributed by atoms with Crippen LogP contribution in [-0.4, -0.2) is 97.9 Å². The molecule has 24 heavy (non-hydrogen) atoms. The van der Waals surface area contributed by atoms with Gasteiger partial charge < -0.3 is 23.6 Å². The number of nitrogens with zero attached hydrogens (tertiary/aromatic N) is 3. The minimum absolute atomic E-state index is 0.228. The minimum Gasteiger partial charge on any atom is -0.398 e. The summed E-state index contributed by atoms with van der Waals surface area (Å²) in [5.41, 5.74) is 0.228. The fraction of sp³-hybridized carbons (Fsp3) is 1.00. The van der Waals surface area contributed by atoms with Crippen molar-refractivity contribution in [2.24, 2.45) is 5.41 Å². The smallest absolute Gasteiger partial charge is 0.334 e. The average Bonchev–Trinajstić information content (AvgIpc) is 2.59. The second kappa shape index (κ2) is 11.6. The maximum atomic E-state index is 5.75. The number of hydrogen-bond acceptors (Lipinski definition) is 5. The third kappa shape index (κ3) is 8.40. The van der Waals surface area contributed by atoms with E-state index in [1.54, 1.807) is 14.2 Å². The van der Waals surface area contributed by atoms with E-state index >= 15 is 0 Å². The molecule has 0 radical (unpaired) electrons. The topological polar surface area (TPSA) is 28.2 Å². The van der Waals surface area contributed by atoms with E-state index in [9.17, 15) is 0 Å². The predicted octanol–water partition coefficient (Wildman–Crippen LogP) is 2.58. The SMILES string of the molecule is CCN(C)CC(CC[Si](C)(OC)OC)(CN(C)CC)CN(C)CC. The highest BCUT2D eigenvalue weighted by atomic mass is 28.4. The summed E-state index contributed by atoms with van der Waals surface area (Å²) in [6.07, 6.45) is 1.14. The molecule has 0 aromatic carbocycles. The van der Waals surface area contributed by atoms with Crippen LogP contribution in [-0.2, 0) is 8.85 Å². The molecule has 5 nitrogen and oxygen atoms in total. The lowest BCUT2D eigenvalue weighted by Crippen LogP contribution is -2.51. The van der Waals surface area contributed by atoms with Crippen molar-refractivity contribution in [3.63, 3.8) is 0 Å². The van der Waals surface area contributed by atoms with Gasteiger partial charge in [0.15, 0.2) is 0 Å². The van der Waals surface area contributed by atoms with Crippen LogP contribution in [0.2, 0.25) is 12.6 Å². The highest BCUT2D eigenvalue weighted by Crippen LogP contribution is 2.31. The lowest BCUT2D eigenvalue weighted by atomic mass is 9.83. The molecule has 6 heteroatoms. The van der Waals surface area contributed by atoms with Gasteiger partial charge in [-0.25, -0.2) is 0 Å². The van der Waals surface area contributed by atoms with Crippen molar-refractivity contribution in [3.8, 4) is 0 Å². The van der Waals surface area contributed by atoms with Crippen LogP contribution in [0.4, 0.5) is 0 Å². The van der Waals surface area contributed by atoms with Gasteiger partial charge in [-0.1, -0.05) is 20.8 Å². The Labute approximate surface area is 152 Å². The number of hydrogen-bond donors (Lipinski definition) is 0. The van der Waals surface area contributed by atoms with Gasteiger partial charge in [0.05, 0.1) is 0 Å². The first kappa shape index (κ1) is 24.0. The van der Waals surface area contributed by atoms with Gasteiger partial charge in [0.1, 0.15) is 0 Å². The summed E-state index contributed by atoms with van der Waals surface area (Å²) in [6, 6.07) is 1.03. The van der Waals surface area contributed by atoms with Gasteiger partial charge >= 0.3 is 8.56 Å². The van der Waals surface area contributed by atoms with Crippen LogP contribution < -0.4 is 0 Å². The molecular weight excluding hydrogens is 318 g/mol. The van der Waals surface area contributed by atoms with Crippen LogP contribution in [0, 0.1) is 5.41 Å². The van der Waals surface area contributed by atoms with Gasteiger partial charge in [-0.05, 0) is 59.8 Å². The normalized spacial score (nSPS) is 13.5. The van der Waals surface area contributed by atoms with E-state index in [-0.39, 0.29) is 5.41 Å². The molecule has 0 rings (SSSR count). The summed E-state index contributed by atoms with van der Waals surface area (Å²) < 4.78 is 11.5. The van der Waals surface area contributed by atoms with E-state index in [2.05, 4.69) is 63.2 Å². The van der Waals surface area contributed by atoms with Crippen LogP contribution in [0.15, 0.2) is 0 Å². The summed E-state index contributed by atoms with van der Waals surface area (Å²) >= 11 is 0. The van der Waals surface area contributed by atoms with Crippen LogP contribution in [0.5, 0.6) is 0 Å². The molecule has 0 saturated heterocycles. The van der Waals surface area contributed by atoms with Crippen molar-refractivity contribution >= 4 is 8.56 Å². The lowest BCUT2D eigenvalue weighted by molar-refractivity contribution is 0.0768. The number of rotatable bonds is 14. The molecule has 0 bridgehead atoms. The second-order valence-electron chi connectivity index (χ2n) is 7.53. The quantitative estimate of drug-likeness (QED) is 0.444. The van der Waals surface area contributed by atoms with Crippen molar-refractivity contribution in [3.05, 3.63) is 0 Å². The Balaban J connectivity index is 5.42. The Morgan fingerprint density at radius 3 is 1.33 bits per heavy atom. The van der Waals surface area contributed by atoms with Gasteiger partial charge in [0.2, 0.25) is 0 Å². The average molecular weight is 362 g/mol. The monoisotopic (exact) mass is 361 g/mol. The summed E-state index contributed by atoms with van der Waals surface area (Å²) in [5.74, 6) is 0. The molecule has 0 N–H and O–H groups in total. The molecule has 0 spiro atoms. The molecule has 0 heterocycles. The predicted molar refractivity (Wildman–Crippen MR) is 107 cm³/mol. The van der Waals surface area contributed by atoms with Crippen LogP contribution in [0.1, 0.15) is 27.2 Å². The highest BCUT2D eigenvalue weighted by Gasteiger charge is 2.38. The summed E-state index contributed by atoms with van der Waals surface area (Å²) in [4.78, 5) is 7.35. The third-order valence-electron chi connectivity index (χ3n) is 5.41. The Kier molecular flexibility index (Phi) is 11.6. The largest absolute Gasteiger partial charge is 0.398 e. The van der Waals surface area contributed by atoms with Crippen LogP contribution in [0.3, 0.4) is 0 Å². The van der Waals surface area contributed by atoms with Crippen molar-refractivity contribution in [2.75, 3.05) is 74.6 Å². The molecule has 0 aliphatic heterocycles. The Hall–Kier alpha value is 0.0169. The molecule has 146 valence electrons. The first-order valence-corrected chi connectivity index (χ1v) is 11.9. The molecule has 0 aliphatic rings. The van der Waals surface area contributed by atoms with Crippen molar-refractivity contribution in [2.45, 2.75) is 39.8 Å². The maximum absolute atomic E-state index is 5.75. The summed E-state index contributed by atoms with van der Waals surface area (Å²) in [7, 11) is 8.24. The van der Waals surface area contributed by atoms with E-state index in [0.29, 0.717) is 0 Å². The fourth-order valence-electron chi connectivity index (χ4n) is 3.22. The summed E-state index contributed by atoms with van der Waals surface area (Å²) in [6.45, 7) is 15.4. The minimum atomic E-state index is -2.05. The third-order valence-corrected chi connectivity index (χ3v) is 8.29. The molecule has 0 fully saturated rings. The Morgan fingerprint density at radius 2 is 1.08 bits per heavy atom. The van der Waals surface area contributed by atoms with E-state index in [1.165, 1.54) is 0 Å². The zero-order chi connectivity index (χ0) is 18.8. The van der Waals surface area contributed by atoms with Gasteiger partial charge in [0.25, 0.3) is 0 Å². The second-order valence-corrected chi connectivity index (χ2v) is 11.1. The molecular formula is C18H43N3O2Si. The molecule has 0 saturated carbocycles. The van der Waals surface area contributed by atoms with Gasteiger partial charge in [0, 0.05) is 39.3 Å². The van der Waals surface area contributed by atoms with E-state index in [1.807, 2.05) is 0 Å². The highest BCUT2D eigenvalue weighted by molar-refractivity contribution is 6.65. The maximum Gasteiger partial charge on any atom is 0.334 e. The Bertz CT molecular complexity index is 296. The van der Waals surface area contributed by atoms with Crippen LogP contribution >= 0.6 is 0 Å². The van der Waals surface area contributed by atoms with E-state index < -0.39 is 8.56 Å². The van der Waals surface area contributed by atoms with Crippen LogP contribution in [0.25, 0.3) is 0 Å². The fourth-order valence-corrected chi connectivity index (χ4v) is 4.78. The van der Waals surface area contributed by atoms with E-state index in [4.69, 9.17) is 8.85 Å². The molecule has 0 aromatic heterocycles. The van der Waals surface area contributed by atoms with Crippen molar-refractivity contribution in [1.82, 2.24) is 14.7 Å². The molecule has 0 atom stereocenters. The molecule has 0 aromatic rings. The van der Waals surface area contributed by atoms with E-state index in [0.717, 1.165) is 51.7 Å². The molecule has 0 amide bonds. The molecule has 0 unspecified atom stereocenters. The lowest BCUT2D eigenvalue weighted by Gasteiger charge is -2.43. The van der Waals surface area contributed by atoms with Gasteiger partial charge in [-0.2, -0.15) is 0 Å². The standard InChI is InChI=1S/C18H43N3O2Si/c1-10-19(4)15-18(16-20(5)11-2,17-21(6)12-3)13-14-24(9,22-7)23-8/h10-17H2,1-9H3. The first-order chi connectivity index (χ1) is 11.2. The zero-order valence-corrected chi connectivity index (χ0v) is 18.8. The molecule has 0 aliphatic carbocycles. The van der Waals surface area contributed by atoms with Gasteiger partial charge in [-0.15, -0.1) is 0 Å². The Morgan fingerprint density at radius 1 is 0.750 bits per heavy atom.